The van der Waals surface area contributed by atoms with E-state index in [-0.39, 0.29) is 0 Å². The predicted molar refractivity (Wildman–Crippen MR) is 74.4 cm³/mol. The Balaban J connectivity index is 2.21. The summed E-state index contributed by atoms with van der Waals surface area (Å²) in [5.74, 6) is 0.813. The maximum atomic E-state index is 5.91. The summed E-state index contributed by atoms with van der Waals surface area (Å²) in [6.07, 6.45) is 6.72. The number of hydrogen-bond donors (Lipinski definition) is 0. The zero-order chi connectivity index (χ0) is 12.7. The minimum Gasteiger partial charge on any atom is -0.378 e. The fourth-order valence-corrected chi connectivity index (χ4v) is 2.55. The van der Waals surface area contributed by atoms with E-state index in [4.69, 9.17) is 4.74 Å². The van der Waals surface area contributed by atoms with Crippen LogP contribution in [0.4, 0.5) is 0 Å². The molecule has 2 atom stereocenters. The Hall–Kier alpha value is -0.0800. The van der Waals surface area contributed by atoms with Crippen LogP contribution in [0.25, 0.3) is 0 Å². The normalized spacial score (nSPS) is 22.6. The Kier molecular flexibility index (Phi) is 7.14. The lowest BCUT2D eigenvalue weighted by Gasteiger charge is -2.38. The van der Waals surface area contributed by atoms with E-state index in [0.717, 1.165) is 18.6 Å². The third kappa shape index (κ3) is 4.97. The molecule has 0 N–H and O–H groups in total. The summed E-state index contributed by atoms with van der Waals surface area (Å²) < 4.78 is 5.91. The summed E-state index contributed by atoms with van der Waals surface area (Å²) >= 11 is 0. The van der Waals surface area contributed by atoms with Crippen LogP contribution in [0.2, 0.25) is 0 Å². The van der Waals surface area contributed by atoms with Gasteiger partial charge in [-0.25, -0.2) is 0 Å². The van der Waals surface area contributed by atoms with E-state index in [0.29, 0.717) is 6.10 Å². The number of likely N-dealkylation sites (tertiary alicyclic amines) is 1. The quantitative estimate of drug-likeness (QED) is 0.630. The maximum absolute atomic E-state index is 5.91. The van der Waals surface area contributed by atoms with Crippen molar-refractivity contribution in [3.05, 3.63) is 0 Å². The zero-order valence-corrected chi connectivity index (χ0v) is 12.2. The summed E-state index contributed by atoms with van der Waals surface area (Å²) in [5.41, 5.74) is 0. The first-order valence-electron chi connectivity index (χ1n) is 7.54. The summed E-state index contributed by atoms with van der Waals surface area (Å²) in [6, 6.07) is 0.733. The Morgan fingerprint density at radius 3 is 2.35 bits per heavy atom. The highest BCUT2D eigenvalue weighted by Crippen LogP contribution is 2.21. The minimum absolute atomic E-state index is 0.530. The van der Waals surface area contributed by atoms with Crippen LogP contribution in [-0.4, -0.2) is 36.7 Å². The van der Waals surface area contributed by atoms with E-state index in [2.05, 4.69) is 32.6 Å². The number of ether oxygens (including phenoxy) is 1. The molecular formula is C15H31NO. The largest absolute Gasteiger partial charge is 0.378 e. The molecule has 0 aromatic rings. The molecule has 0 saturated carbocycles. The molecule has 17 heavy (non-hydrogen) atoms. The molecule has 1 fully saturated rings. The molecule has 102 valence electrons. The molecule has 1 saturated heterocycles. The van der Waals surface area contributed by atoms with Gasteiger partial charge in [0.15, 0.2) is 0 Å². The topological polar surface area (TPSA) is 12.5 Å². The molecule has 1 rings (SSSR count). The molecule has 1 aliphatic heterocycles. The van der Waals surface area contributed by atoms with Crippen molar-refractivity contribution in [3.8, 4) is 0 Å². The van der Waals surface area contributed by atoms with Crippen LogP contribution >= 0.6 is 0 Å². The highest BCUT2D eigenvalue weighted by Gasteiger charge is 2.25. The standard InChI is InChI=1S/C15H31NO/c1-5-7-12-17-15-8-10-16(11-9-15)14(4)13(3)6-2/h13-15H,5-12H2,1-4H3/t13?,14-/m1/s1. The van der Waals surface area contributed by atoms with Crippen LogP contribution in [0, 0.1) is 5.92 Å². The average molecular weight is 241 g/mol. The van der Waals surface area contributed by atoms with Crippen molar-refractivity contribution in [2.45, 2.75) is 71.9 Å². The van der Waals surface area contributed by atoms with Gasteiger partial charge in [0.05, 0.1) is 6.10 Å². The molecule has 0 aromatic heterocycles. The first-order chi connectivity index (χ1) is 8.19. The second-order valence-electron chi connectivity index (χ2n) is 5.59. The molecule has 0 bridgehead atoms. The van der Waals surface area contributed by atoms with Gasteiger partial charge in [0.1, 0.15) is 0 Å². The minimum atomic E-state index is 0.530. The monoisotopic (exact) mass is 241 g/mol. The van der Waals surface area contributed by atoms with E-state index in [1.165, 1.54) is 45.2 Å². The van der Waals surface area contributed by atoms with Crippen LogP contribution in [0.1, 0.15) is 59.8 Å². The summed E-state index contributed by atoms with van der Waals surface area (Å²) in [7, 11) is 0. The van der Waals surface area contributed by atoms with E-state index >= 15 is 0 Å². The van der Waals surface area contributed by atoms with Gasteiger partial charge in [0, 0.05) is 25.7 Å². The highest BCUT2D eigenvalue weighted by atomic mass is 16.5. The van der Waals surface area contributed by atoms with Crippen LogP contribution in [0.3, 0.4) is 0 Å². The highest BCUT2D eigenvalue weighted by molar-refractivity contribution is 4.79. The molecular weight excluding hydrogens is 210 g/mol. The number of nitrogens with zero attached hydrogens (tertiary/aromatic N) is 1. The number of hydrogen-bond acceptors (Lipinski definition) is 2. The van der Waals surface area contributed by atoms with Gasteiger partial charge >= 0.3 is 0 Å². The molecule has 1 heterocycles. The van der Waals surface area contributed by atoms with Gasteiger partial charge in [-0.05, 0) is 32.1 Å². The first-order valence-corrected chi connectivity index (χ1v) is 7.54. The number of unbranched alkanes of at least 4 members (excludes halogenated alkanes) is 1. The van der Waals surface area contributed by atoms with Gasteiger partial charge in [-0.2, -0.15) is 0 Å². The van der Waals surface area contributed by atoms with E-state index < -0.39 is 0 Å². The fraction of sp³-hybridized carbons (Fsp3) is 1.00. The fourth-order valence-electron chi connectivity index (χ4n) is 2.55. The molecule has 0 amide bonds. The van der Waals surface area contributed by atoms with Crippen LogP contribution in [-0.2, 0) is 4.74 Å². The second-order valence-corrected chi connectivity index (χ2v) is 5.59. The third-order valence-electron chi connectivity index (χ3n) is 4.37. The number of piperidine rings is 1. The van der Waals surface area contributed by atoms with E-state index in [1.807, 2.05) is 0 Å². The molecule has 1 aliphatic rings. The molecule has 0 aliphatic carbocycles. The van der Waals surface area contributed by atoms with Gasteiger partial charge in [-0.15, -0.1) is 0 Å². The Morgan fingerprint density at radius 2 is 1.82 bits per heavy atom. The van der Waals surface area contributed by atoms with Gasteiger partial charge in [0.2, 0.25) is 0 Å². The lowest BCUT2D eigenvalue weighted by atomic mass is 9.96. The predicted octanol–water partition coefficient (Wildman–Crippen LogP) is 3.70. The average Bonchev–Trinajstić information content (AvgIpc) is 2.38. The first kappa shape index (κ1) is 15.0. The van der Waals surface area contributed by atoms with Crippen molar-refractivity contribution in [3.63, 3.8) is 0 Å². The van der Waals surface area contributed by atoms with Crippen LogP contribution < -0.4 is 0 Å². The van der Waals surface area contributed by atoms with Gasteiger partial charge in [-0.1, -0.05) is 33.6 Å². The Labute approximate surface area is 108 Å². The lowest BCUT2D eigenvalue weighted by Crippen LogP contribution is -2.44. The van der Waals surface area contributed by atoms with Crippen molar-refractivity contribution < 1.29 is 4.74 Å². The van der Waals surface area contributed by atoms with Crippen molar-refractivity contribution in [1.82, 2.24) is 4.90 Å². The van der Waals surface area contributed by atoms with Gasteiger partial charge < -0.3 is 9.64 Å². The van der Waals surface area contributed by atoms with Crippen molar-refractivity contribution in [1.29, 1.82) is 0 Å². The summed E-state index contributed by atoms with van der Waals surface area (Å²) in [5, 5.41) is 0. The molecule has 2 nitrogen and oxygen atoms in total. The van der Waals surface area contributed by atoms with Gasteiger partial charge in [-0.3, -0.25) is 0 Å². The molecule has 0 aromatic carbocycles. The SMILES string of the molecule is CCCCOC1CCN([C@H](C)C(C)CC)CC1. The summed E-state index contributed by atoms with van der Waals surface area (Å²) in [4.78, 5) is 2.65. The van der Waals surface area contributed by atoms with Crippen molar-refractivity contribution in [2.24, 2.45) is 5.92 Å². The van der Waals surface area contributed by atoms with E-state index in [9.17, 15) is 0 Å². The lowest BCUT2D eigenvalue weighted by molar-refractivity contribution is -0.00673. The Bertz CT molecular complexity index is 187. The third-order valence-corrected chi connectivity index (χ3v) is 4.37. The summed E-state index contributed by atoms with van der Waals surface area (Å²) in [6.45, 7) is 12.7. The van der Waals surface area contributed by atoms with Crippen LogP contribution in [0.15, 0.2) is 0 Å². The number of rotatable bonds is 7. The second kappa shape index (κ2) is 8.10. The molecule has 0 spiro atoms. The van der Waals surface area contributed by atoms with Crippen molar-refractivity contribution >= 4 is 0 Å². The van der Waals surface area contributed by atoms with Crippen LogP contribution in [0.5, 0.6) is 0 Å². The smallest absolute Gasteiger partial charge is 0.0599 e. The molecule has 0 radical (unpaired) electrons. The van der Waals surface area contributed by atoms with Crippen molar-refractivity contribution in [2.75, 3.05) is 19.7 Å². The Morgan fingerprint density at radius 1 is 1.18 bits per heavy atom. The molecule has 2 heteroatoms. The zero-order valence-electron chi connectivity index (χ0n) is 12.2. The van der Waals surface area contributed by atoms with E-state index in [1.54, 1.807) is 0 Å². The van der Waals surface area contributed by atoms with Gasteiger partial charge in [0.25, 0.3) is 0 Å². The maximum Gasteiger partial charge on any atom is 0.0599 e. The molecule has 1 unspecified atom stereocenters.